The van der Waals surface area contributed by atoms with Crippen LogP contribution in [-0.2, 0) is 0 Å². The highest BCUT2D eigenvalue weighted by atomic mass is 16.5. The summed E-state index contributed by atoms with van der Waals surface area (Å²) < 4.78 is 11.1. The monoisotopic (exact) mass is 341 g/mol. The van der Waals surface area contributed by atoms with Gasteiger partial charge in [0.15, 0.2) is 11.5 Å². The van der Waals surface area contributed by atoms with E-state index in [4.69, 9.17) is 9.47 Å². The first-order valence-electron chi connectivity index (χ1n) is 8.73. The molecule has 0 heterocycles. The Balaban J connectivity index is 2.19. The molecule has 1 unspecified atom stereocenters. The molecule has 0 bridgehead atoms. The predicted octanol–water partition coefficient (Wildman–Crippen LogP) is 4.59. The fraction of sp³-hybridized carbons (Fsp3) is 0.381. The summed E-state index contributed by atoms with van der Waals surface area (Å²) in [4.78, 5) is 12.6. The highest BCUT2D eigenvalue weighted by Gasteiger charge is 2.15. The molecule has 0 aliphatic rings. The minimum atomic E-state index is -0.127. The Morgan fingerprint density at radius 1 is 1.00 bits per heavy atom. The molecule has 1 atom stereocenters. The van der Waals surface area contributed by atoms with Crippen molar-refractivity contribution in [2.45, 2.75) is 40.7 Å². The maximum atomic E-state index is 12.6. The lowest BCUT2D eigenvalue weighted by Crippen LogP contribution is -2.27. The highest BCUT2D eigenvalue weighted by Crippen LogP contribution is 2.29. The maximum absolute atomic E-state index is 12.6. The Morgan fingerprint density at radius 3 is 2.36 bits per heavy atom. The second-order valence-electron chi connectivity index (χ2n) is 6.08. The summed E-state index contributed by atoms with van der Waals surface area (Å²) in [7, 11) is 0. The molecular weight excluding hydrogens is 314 g/mol. The Bertz CT molecular complexity index is 740. The van der Waals surface area contributed by atoms with Crippen molar-refractivity contribution in [2.75, 3.05) is 13.2 Å². The van der Waals surface area contributed by atoms with Gasteiger partial charge in [0, 0.05) is 5.56 Å². The lowest BCUT2D eigenvalue weighted by molar-refractivity contribution is 0.0939. The fourth-order valence-electron chi connectivity index (χ4n) is 2.78. The maximum Gasteiger partial charge on any atom is 0.251 e. The molecule has 2 rings (SSSR count). The van der Waals surface area contributed by atoms with Gasteiger partial charge in [-0.15, -0.1) is 0 Å². The van der Waals surface area contributed by atoms with Crippen LogP contribution in [0.1, 0.15) is 53.9 Å². The number of benzene rings is 2. The summed E-state index contributed by atoms with van der Waals surface area (Å²) in [6, 6.07) is 11.5. The zero-order valence-electron chi connectivity index (χ0n) is 15.7. The molecule has 2 aromatic rings. The van der Waals surface area contributed by atoms with Gasteiger partial charge in [-0.2, -0.15) is 0 Å². The number of ether oxygens (including phenoxy) is 2. The van der Waals surface area contributed by atoms with Crippen LogP contribution in [0.3, 0.4) is 0 Å². The van der Waals surface area contributed by atoms with Crippen molar-refractivity contribution < 1.29 is 14.3 Å². The summed E-state index contributed by atoms with van der Waals surface area (Å²) in [5.74, 6) is 1.12. The van der Waals surface area contributed by atoms with E-state index in [1.165, 1.54) is 11.1 Å². The second-order valence-corrected chi connectivity index (χ2v) is 6.08. The van der Waals surface area contributed by atoms with Crippen LogP contribution < -0.4 is 14.8 Å². The van der Waals surface area contributed by atoms with Gasteiger partial charge in [-0.1, -0.05) is 23.8 Å². The number of aryl methyl sites for hydroxylation is 2. The van der Waals surface area contributed by atoms with Gasteiger partial charge in [-0.05, 0) is 63.9 Å². The van der Waals surface area contributed by atoms with Crippen LogP contribution in [-0.4, -0.2) is 19.1 Å². The van der Waals surface area contributed by atoms with Crippen molar-refractivity contribution >= 4 is 5.91 Å². The molecule has 4 heteroatoms. The topological polar surface area (TPSA) is 47.6 Å². The van der Waals surface area contributed by atoms with E-state index in [1.54, 1.807) is 18.2 Å². The molecule has 2 aromatic carbocycles. The van der Waals surface area contributed by atoms with Crippen molar-refractivity contribution in [2.24, 2.45) is 0 Å². The minimum absolute atomic E-state index is 0.0745. The van der Waals surface area contributed by atoms with Gasteiger partial charge in [-0.3, -0.25) is 4.79 Å². The first-order valence-corrected chi connectivity index (χ1v) is 8.73. The van der Waals surface area contributed by atoms with Gasteiger partial charge >= 0.3 is 0 Å². The van der Waals surface area contributed by atoms with Crippen LogP contribution in [0.2, 0.25) is 0 Å². The number of rotatable bonds is 7. The Kier molecular flexibility index (Phi) is 6.45. The van der Waals surface area contributed by atoms with E-state index in [0.717, 1.165) is 5.56 Å². The van der Waals surface area contributed by atoms with E-state index in [0.29, 0.717) is 30.3 Å². The molecule has 0 saturated heterocycles. The van der Waals surface area contributed by atoms with Crippen LogP contribution in [0.15, 0.2) is 36.4 Å². The normalized spacial score (nSPS) is 11.7. The molecule has 0 fully saturated rings. The van der Waals surface area contributed by atoms with Crippen LogP contribution in [0.25, 0.3) is 0 Å². The molecule has 0 aromatic heterocycles. The standard InChI is InChI=1S/C21H27NO3/c1-6-24-19-11-10-17(13-20(19)25-7-2)21(23)22-16(5)18-12-14(3)8-9-15(18)4/h8-13,16H,6-7H2,1-5H3,(H,22,23). The third-order valence-electron chi connectivity index (χ3n) is 4.05. The number of hydrogen-bond acceptors (Lipinski definition) is 3. The average molecular weight is 341 g/mol. The van der Waals surface area contributed by atoms with Gasteiger partial charge in [0.1, 0.15) is 0 Å². The lowest BCUT2D eigenvalue weighted by atomic mass is 9.99. The molecule has 0 radical (unpaired) electrons. The average Bonchev–Trinajstić information content (AvgIpc) is 2.58. The van der Waals surface area contributed by atoms with Gasteiger partial charge in [-0.25, -0.2) is 0 Å². The first-order chi connectivity index (χ1) is 12.0. The second kappa shape index (κ2) is 8.56. The van der Waals surface area contributed by atoms with Crippen molar-refractivity contribution in [1.82, 2.24) is 5.32 Å². The van der Waals surface area contributed by atoms with Crippen molar-refractivity contribution in [3.8, 4) is 11.5 Å². The molecule has 0 aliphatic carbocycles. The number of carbonyl (C=O) groups excluding carboxylic acids is 1. The van der Waals surface area contributed by atoms with Crippen LogP contribution in [0.4, 0.5) is 0 Å². The van der Waals surface area contributed by atoms with Crippen LogP contribution in [0.5, 0.6) is 11.5 Å². The fourth-order valence-corrected chi connectivity index (χ4v) is 2.78. The van der Waals surface area contributed by atoms with E-state index in [-0.39, 0.29) is 11.9 Å². The molecule has 1 amide bonds. The summed E-state index contributed by atoms with van der Waals surface area (Å²) in [6.45, 7) is 11.0. The minimum Gasteiger partial charge on any atom is -0.490 e. The Morgan fingerprint density at radius 2 is 1.68 bits per heavy atom. The largest absolute Gasteiger partial charge is 0.490 e. The van der Waals surface area contributed by atoms with Crippen molar-refractivity contribution in [1.29, 1.82) is 0 Å². The smallest absolute Gasteiger partial charge is 0.251 e. The number of amides is 1. The molecule has 1 N–H and O–H groups in total. The van der Waals surface area contributed by atoms with Crippen molar-refractivity contribution in [3.05, 3.63) is 58.7 Å². The molecule has 4 nitrogen and oxygen atoms in total. The van der Waals surface area contributed by atoms with E-state index in [1.807, 2.05) is 20.8 Å². The molecule has 25 heavy (non-hydrogen) atoms. The number of hydrogen-bond donors (Lipinski definition) is 1. The van der Waals surface area contributed by atoms with Crippen LogP contribution >= 0.6 is 0 Å². The van der Waals surface area contributed by atoms with Gasteiger partial charge in [0.2, 0.25) is 0 Å². The molecule has 134 valence electrons. The summed E-state index contributed by atoms with van der Waals surface area (Å²) in [5, 5.41) is 3.07. The summed E-state index contributed by atoms with van der Waals surface area (Å²) in [5.41, 5.74) is 4.04. The molecule has 0 saturated carbocycles. The zero-order valence-corrected chi connectivity index (χ0v) is 15.7. The van der Waals surface area contributed by atoms with E-state index in [9.17, 15) is 4.79 Å². The van der Waals surface area contributed by atoms with E-state index >= 15 is 0 Å². The van der Waals surface area contributed by atoms with Gasteiger partial charge in [0.05, 0.1) is 19.3 Å². The van der Waals surface area contributed by atoms with E-state index < -0.39 is 0 Å². The molecular formula is C21H27NO3. The highest BCUT2D eigenvalue weighted by molar-refractivity contribution is 5.95. The number of carbonyl (C=O) groups is 1. The lowest BCUT2D eigenvalue weighted by Gasteiger charge is -2.18. The quantitative estimate of drug-likeness (QED) is 0.801. The van der Waals surface area contributed by atoms with Gasteiger partial charge in [0.25, 0.3) is 5.91 Å². The SMILES string of the molecule is CCOc1ccc(C(=O)NC(C)c2cc(C)ccc2C)cc1OCC. The third-order valence-corrected chi connectivity index (χ3v) is 4.05. The van der Waals surface area contributed by atoms with Gasteiger partial charge < -0.3 is 14.8 Å². The predicted molar refractivity (Wildman–Crippen MR) is 101 cm³/mol. The molecule has 0 aliphatic heterocycles. The summed E-state index contributed by atoms with van der Waals surface area (Å²) in [6.07, 6.45) is 0. The zero-order chi connectivity index (χ0) is 18.4. The molecule has 0 spiro atoms. The van der Waals surface area contributed by atoms with E-state index in [2.05, 4.69) is 37.4 Å². The van der Waals surface area contributed by atoms with Crippen molar-refractivity contribution in [3.63, 3.8) is 0 Å². The third kappa shape index (κ3) is 4.75. The Hall–Kier alpha value is -2.49. The number of nitrogens with one attached hydrogen (secondary N) is 1. The van der Waals surface area contributed by atoms with Crippen LogP contribution in [0, 0.1) is 13.8 Å². The first kappa shape index (κ1) is 18.8. The Labute approximate surface area is 150 Å². The summed E-state index contributed by atoms with van der Waals surface area (Å²) >= 11 is 0.